The van der Waals surface area contributed by atoms with Crippen molar-refractivity contribution in [1.29, 1.82) is 0 Å². The molecule has 1 unspecified atom stereocenters. The number of ether oxygens (including phenoxy) is 3. The predicted molar refractivity (Wildman–Crippen MR) is 78.2 cm³/mol. The Morgan fingerprint density at radius 2 is 2.21 bits per heavy atom. The van der Waals surface area contributed by atoms with Crippen LogP contribution in [-0.4, -0.2) is 33.9 Å². The van der Waals surface area contributed by atoms with E-state index in [1.54, 1.807) is 14.2 Å². The van der Waals surface area contributed by atoms with Crippen LogP contribution < -0.4 is 14.8 Å². The molecule has 1 saturated heterocycles. The molecule has 0 aromatic heterocycles. The topological polar surface area (TPSA) is 39.7 Å². The third-order valence-corrected chi connectivity index (χ3v) is 4.21. The van der Waals surface area contributed by atoms with Crippen LogP contribution in [0.15, 0.2) is 10.5 Å². The minimum Gasteiger partial charge on any atom is -0.493 e. The summed E-state index contributed by atoms with van der Waals surface area (Å²) >= 11 is 3.63. The molecule has 106 valence electrons. The summed E-state index contributed by atoms with van der Waals surface area (Å²) in [6.45, 7) is 4.60. The quantitative estimate of drug-likeness (QED) is 0.921. The molecule has 5 heteroatoms. The molecule has 1 aromatic rings. The Balaban J connectivity index is 2.49. The molecule has 2 rings (SSSR count). The van der Waals surface area contributed by atoms with Gasteiger partial charge in [-0.05, 0) is 39.5 Å². The van der Waals surface area contributed by atoms with Crippen LogP contribution in [-0.2, 0) is 11.2 Å². The first-order chi connectivity index (χ1) is 9.22. The number of rotatable bonds is 4. The van der Waals surface area contributed by atoms with E-state index in [4.69, 9.17) is 14.2 Å². The summed E-state index contributed by atoms with van der Waals surface area (Å²) < 4.78 is 17.7. The van der Waals surface area contributed by atoms with Gasteiger partial charge in [-0.1, -0.05) is 6.92 Å². The highest BCUT2D eigenvalue weighted by Gasteiger charge is 2.24. The van der Waals surface area contributed by atoms with Crippen LogP contribution in [0, 0.1) is 0 Å². The van der Waals surface area contributed by atoms with E-state index >= 15 is 0 Å². The highest BCUT2D eigenvalue weighted by atomic mass is 79.9. The van der Waals surface area contributed by atoms with E-state index in [2.05, 4.69) is 28.2 Å². The van der Waals surface area contributed by atoms with Gasteiger partial charge < -0.3 is 19.5 Å². The van der Waals surface area contributed by atoms with Gasteiger partial charge in [-0.25, -0.2) is 0 Å². The van der Waals surface area contributed by atoms with Crippen molar-refractivity contribution in [2.24, 2.45) is 0 Å². The first-order valence-electron chi connectivity index (χ1n) is 6.48. The maximum atomic E-state index is 5.85. The molecule has 4 nitrogen and oxygen atoms in total. The lowest BCUT2D eigenvalue weighted by Crippen LogP contribution is -2.33. The summed E-state index contributed by atoms with van der Waals surface area (Å²) in [5, 5.41) is 3.36. The van der Waals surface area contributed by atoms with Crippen molar-refractivity contribution in [2.75, 3.05) is 33.9 Å². The monoisotopic (exact) mass is 329 g/mol. The second-order valence-electron chi connectivity index (χ2n) is 4.41. The van der Waals surface area contributed by atoms with E-state index < -0.39 is 0 Å². The zero-order valence-corrected chi connectivity index (χ0v) is 13.2. The van der Waals surface area contributed by atoms with Crippen LogP contribution in [0.25, 0.3) is 0 Å². The van der Waals surface area contributed by atoms with E-state index in [1.807, 2.05) is 6.07 Å². The van der Waals surface area contributed by atoms with Gasteiger partial charge in [0.05, 0.1) is 31.4 Å². The molecule has 1 N–H and O–H groups in total. The second-order valence-corrected chi connectivity index (χ2v) is 5.20. The van der Waals surface area contributed by atoms with Gasteiger partial charge in [0.25, 0.3) is 0 Å². The molecule has 0 bridgehead atoms. The van der Waals surface area contributed by atoms with Gasteiger partial charge in [0.15, 0.2) is 11.5 Å². The number of morpholine rings is 1. The summed E-state index contributed by atoms with van der Waals surface area (Å²) in [4.78, 5) is 0. The summed E-state index contributed by atoms with van der Waals surface area (Å²) in [6, 6.07) is 2.03. The molecule has 1 atom stereocenters. The summed E-state index contributed by atoms with van der Waals surface area (Å²) in [5.74, 6) is 1.47. The van der Waals surface area contributed by atoms with E-state index in [-0.39, 0.29) is 6.10 Å². The minimum absolute atomic E-state index is 0.0693. The number of hydrogen-bond acceptors (Lipinski definition) is 4. The van der Waals surface area contributed by atoms with Crippen molar-refractivity contribution in [3.63, 3.8) is 0 Å². The molecule has 0 aliphatic carbocycles. The molecular weight excluding hydrogens is 310 g/mol. The van der Waals surface area contributed by atoms with Gasteiger partial charge in [-0.3, -0.25) is 0 Å². The molecule has 1 aliphatic rings. The molecule has 1 aliphatic heterocycles. The maximum Gasteiger partial charge on any atom is 0.175 e. The normalized spacial score (nSPS) is 19.3. The predicted octanol–water partition coefficient (Wildman–Crippen LogP) is 2.69. The number of nitrogens with one attached hydrogen (secondary N) is 1. The van der Waals surface area contributed by atoms with Gasteiger partial charge in [-0.2, -0.15) is 0 Å². The third-order valence-electron chi connectivity index (χ3n) is 3.38. The molecule has 1 fully saturated rings. The Morgan fingerprint density at radius 1 is 1.42 bits per heavy atom. The Hall–Kier alpha value is -0.780. The van der Waals surface area contributed by atoms with Crippen LogP contribution in [0.3, 0.4) is 0 Å². The van der Waals surface area contributed by atoms with Gasteiger partial charge in [0.1, 0.15) is 0 Å². The lowest BCUT2D eigenvalue weighted by molar-refractivity contribution is 0.0270. The highest BCUT2D eigenvalue weighted by Crippen LogP contribution is 2.42. The van der Waals surface area contributed by atoms with E-state index in [0.717, 1.165) is 42.1 Å². The zero-order valence-electron chi connectivity index (χ0n) is 11.6. The van der Waals surface area contributed by atoms with Gasteiger partial charge in [0, 0.05) is 13.1 Å². The first kappa shape index (κ1) is 14.6. The first-order valence-corrected chi connectivity index (χ1v) is 7.27. The van der Waals surface area contributed by atoms with Crippen LogP contribution in [0.4, 0.5) is 0 Å². The number of benzene rings is 1. The van der Waals surface area contributed by atoms with Crippen molar-refractivity contribution in [3.8, 4) is 11.5 Å². The zero-order chi connectivity index (χ0) is 13.8. The Labute approximate surface area is 122 Å². The molecule has 0 spiro atoms. The molecule has 0 radical (unpaired) electrons. The fraction of sp³-hybridized carbons (Fsp3) is 0.571. The fourth-order valence-electron chi connectivity index (χ4n) is 2.42. The standard InChI is InChI=1S/C14H20BrNO3/c1-4-9-10(12-8-16-5-6-19-12)7-11(17-2)14(18-3)13(9)15/h7,12,16H,4-6,8H2,1-3H3. The Kier molecular flexibility index (Phi) is 5.07. The van der Waals surface area contributed by atoms with Gasteiger partial charge in [-0.15, -0.1) is 0 Å². The Morgan fingerprint density at radius 3 is 2.74 bits per heavy atom. The SMILES string of the molecule is CCc1c(C2CNCCO2)cc(OC)c(OC)c1Br. The highest BCUT2D eigenvalue weighted by molar-refractivity contribution is 9.10. The molecule has 1 aromatic carbocycles. The summed E-state index contributed by atoms with van der Waals surface area (Å²) in [6.07, 6.45) is 0.982. The van der Waals surface area contributed by atoms with Crippen molar-refractivity contribution in [1.82, 2.24) is 5.32 Å². The van der Waals surface area contributed by atoms with E-state index in [0.29, 0.717) is 0 Å². The van der Waals surface area contributed by atoms with Crippen molar-refractivity contribution in [3.05, 3.63) is 21.7 Å². The van der Waals surface area contributed by atoms with Crippen molar-refractivity contribution >= 4 is 15.9 Å². The Bertz CT molecular complexity index is 445. The van der Waals surface area contributed by atoms with Crippen LogP contribution >= 0.6 is 15.9 Å². The lowest BCUT2D eigenvalue weighted by Gasteiger charge is -2.27. The second kappa shape index (κ2) is 6.59. The van der Waals surface area contributed by atoms with Crippen molar-refractivity contribution < 1.29 is 14.2 Å². The van der Waals surface area contributed by atoms with Crippen LogP contribution in [0.2, 0.25) is 0 Å². The number of hydrogen-bond donors (Lipinski definition) is 1. The molecule has 0 amide bonds. The minimum atomic E-state index is 0.0693. The van der Waals surface area contributed by atoms with Gasteiger partial charge in [0.2, 0.25) is 0 Å². The lowest BCUT2D eigenvalue weighted by atomic mass is 9.98. The number of methoxy groups -OCH3 is 2. The molecular formula is C14H20BrNO3. The van der Waals surface area contributed by atoms with E-state index in [9.17, 15) is 0 Å². The maximum absolute atomic E-state index is 5.85. The number of halogens is 1. The molecule has 19 heavy (non-hydrogen) atoms. The smallest absolute Gasteiger partial charge is 0.175 e. The third kappa shape index (κ3) is 2.88. The van der Waals surface area contributed by atoms with Crippen molar-refractivity contribution in [2.45, 2.75) is 19.4 Å². The largest absolute Gasteiger partial charge is 0.493 e. The van der Waals surface area contributed by atoms with Gasteiger partial charge >= 0.3 is 0 Å². The van der Waals surface area contributed by atoms with Crippen LogP contribution in [0.5, 0.6) is 11.5 Å². The molecule has 0 saturated carbocycles. The molecule has 1 heterocycles. The van der Waals surface area contributed by atoms with E-state index in [1.165, 1.54) is 11.1 Å². The van der Waals surface area contributed by atoms with Crippen LogP contribution in [0.1, 0.15) is 24.2 Å². The fourth-order valence-corrected chi connectivity index (χ4v) is 3.29. The summed E-state index contributed by atoms with van der Waals surface area (Å²) in [5.41, 5.74) is 2.38. The average molecular weight is 330 g/mol. The average Bonchev–Trinajstić information content (AvgIpc) is 2.47. The summed E-state index contributed by atoms with van der Waals surface area (Å²) in [7, 11) is 3.31.